The lowest BCUT2D eigenvalue weighted by Gasteiger charge is -2.11. The molecule has 0 spiro atoms. The summed E-state index contributed by atoms with van der Waals surface area (Å²) >= 11 is 0. The van der Waals surface area contributed by atoms with Crippen LogP contribution in [0.5, 0.6) is 0 Å². The molecule has 8 aromatic carbocycles. The summed E-state index contributed by atoms with van der Waals surface area (Å²) in [5.74, 6) is 1.85. The van der Waals surface area contributed by atoms with Gasteiger partial charge >= 0.3 is 0 Å². The summed E-state index contributed by atoms with van der Waals surface area (Å²) in [5, 5.41) is 6.78. The Kier molecular flexibility index (Phi) is 6.78. The number of furan rings is 1. The minimum absolute atomic E-state index is 0.599. The van der Waals surface area contributed by atoms with Gasteiger partial charge in [-0.3, -0.25) is 0 Å². The molecule has 2 aromatic heterocycles. The SMILES string of the molecule is c1ccc(-c2nc(-c3ccc4ccccc4c3)nc(-c3ccc(-c4ccc(-c5ccc6ccccc6c5)cc4)c4oc5ccccc5c34)n2)cc1. The highest BCUT2D eigenvalue weighted by atomic mass is 16.3. The fourth-order valence-electron chi connectivity index (χ4n) is 7.12. The Balaban J connectivity index is 1.14. The van der Waals surface area contributed by atoms with Gasteiger partial charge in [-0.25, -0.2) is 15.0 Å². The Bertz CT molecular complexity index is 2910. The van der Waals surface area contributed by atoms with Gasteiger partial charge in [0.05, 0.1) is 0 Å². The highest BCUT2D eigenvalue weighted by Crippen LogP contribution is 2.42. The Morgan fingerprint density at radius 1 is 0.333 bits per heavy atom. The molecule has 0 fully saturated rings. The number of fused-ring (bicyclic) bond motifs is 5. The molecule has 51 heavy (non-hydrogen) atoms. The number of rotatable bonds is 5. The Morgan fingerprint density at radius 3 is 1.61 bits per heavy atom. The number of hydrogen-bond acceptors (Lipinski definition) is 4. The Morgan fingerprint density at radius 2 is 0.863 bits per heavy atom. The predicted octanol–water partition coefficient (Wildman–Crippen LogP) is 12.4. The molecular formula is C47H29N3O. The molecule has 4 heteroatoms. The number of hydrogen-bond donors (Lipinski definition) is 0. The first-order chi connectivity index (χ1) is 25.2. The molecule has 10 rings (SSSR count). The molecule has 4 nitrogen and oxygen atoms in total. The van der Waals surface area contributed by atoms with Crippen molar-refractivity contribution in [2.45, 2.75) is 0 Å². The predicted molar refractivity (Wildman–Crippen MR) is 209 cm³/mol. The van der Waals surface area contributed by atoms with Crippen LogP contribution in [0.25, 0.3) is 99.9 Å². The molecule has 0 unspecified atom stereocenters. The Labute approximate surface area is 294 Å². The summed E-state index contributed by atoms with van der Waals surface area (Å²) in [6, 6.07) is 61.1. The molecule has 0 radical (unpaired) electrons. The molecule has 2 heterocycles. The maximum atomic E-state index is 6.67. The maximum Gasteiger partial charge on any atom is 0.164 e. The molecule has 0 saturated heterocycles. The summed E-state index contributed by atoms with van der Waals surface area (Å²) < 4.78 is 6.67. The van der Waals surface area contributed by atoms with Crippen LogP contribution in [0.1, 0.15) is 0 Å². The molecule has 0 aliphatic heterocycles. The summed E-state index contributed by atoms with van der Waals surface area (Å²) in [4.78, 5) is 15.3. The van der Waals surface area contributed by atoms with Crippen molar-refractivity contribution in [3.8, 4) is 56.4 Å². The van der Waals surface area contributed by atoms with Gasteiger partial charge in [-0.1, -0.05) is 146 Å². The van der Waals surface area contributed by atoms with Crippen molar-refractivity contribution >= 4 is 43.5 Å². The van der Waals surface area contributed by atoms with E-state index >= 15 is 0 Å². The Hall–Kier alpha value is -6.91. The standard InChI is InChI=1S/C47H29N3O/c1-2-12-34(13-3-1)45-48-46(38-25-21-31-11-5-7-15-36(31)29-38)50-47(49-45)41-27-26-39(44-43(41)40-16-8-9-17-42(40)51-44)33-22-18-32(19-23-33)37-24-20-30-10-4-6-14-35(30)28-37/h1-29H. The van der Waals surface area contributed by atoms with Gasteiger partial charge in [0.1, 0.15) is 11.2 Å². The van der Waals surface area contributed by atoms with Crippen LogP contribution in [-0.4, -0.2) is 15.0 Å². The molecule has 0 atom stereocenters. The molecular weight excluding hydrogens is 623 g/mol. The van der Waals surface area contributed by atoms with Gasteiger partial charge in [-0.05, 0) is 68.6 Å². The van der Waals surface area contributed by atoms with Gasteiger partial charge in [0.15, 0.2) is 17.5 Å². The summed E-state index contributed by atoms with van der Waals surface area (Å²) in [5.41, 5.74) is 8.84. The van der Waals surface area contributed by atoms with E-state index in [0.29, 0.717) is 17.5 Å². The molecule has 10 aromatic rings. The molecule has 238 valence electrons. The van der Waals surface area contributed by atoms with Crippen molar-refractivity contribution in [1.82, 2.24) is 15.0 Å². The molecule has 0 bridgehead atoms. The van der Waals surface area contributed by atoms with Crippen molar-refractivity contribution in [2.75, 3.05) is 0 Å². The first-order valence-electron chi connectivity index (χ1n) is 17.1. The van der Waals surface area contributed by atoms with Crippen molar-refractivity contribution in [3.63, 3.8) is 0 Å². The highest BCUT2D eigenvalue weighted by Gasteiger charge is 2.21. The second-order valence-electron chi connectivity index (χ2n) is 12.8. The lowest BCUT2D eigenvalue weighted by atomic mass is 9.95. The number of benzene rings is 8. The van der Waals surface area contributed by atoms with E-state index in [4.69, 9.17) is 19.4 Å². The summed E-state index contributed by atoms with van der Waals surface area (Å²) in [6.07, 6.45) is 0. The van der Waals surface area contributed by atoms with Crippen molar-refractivity contribution in [3.05, 3.63) is 176 Å². The van der Waals surface area contributed by atoms with Crippen molar-refractivity contribution < 1.29 is 4.42 Å². The lowest BCUT2D eigenvalue weighted by Crippen LogP contribution is -2.00. The largest absolute Gasteiger partial charge is 0.455 e. The smallest absolute Gasteiger partial charge is 0.164 e. The van der Waals surface area contributed by atoms with E-state index in [1.54, 1.807) is 0 Å². The van der Waals surface area contributed by atoms with Gasteiger partial charge in [0.2, 0.25) is 0 Å². The number of para-hydroxylation sites is 1. The monoisotopic (exact) mass is 651 g/mol. The normalized spacial score (nSPS) is 11.5. The fourth-order valence-corrected chi connectivity index (χ4v) is 7.12. The van der Waals surface area contributed by atoms with Crippen LogP contribution in [0.3, 0.4) is 0 Å². The highest BCUT2D eigenvalue weighted by molar-refractivity contribution is 6.15. The van der Waals surface area contributed by atoms with Gasteiger partial charge in [0, 0.05) is 33.0 Å². The average molecular weight is 652 g/mol. The van der Waals surface area contributed by atoms with Gasteiger partial charge in [-0.15, -0.1) is 0 Å². The van der Waals surface area contributed by atoms with Crippen LogP contribution >= 0.6 is 0 Å². The van der Waals surface area contributed by atoms with Crippen molar-refractivity contribution in [2.24, 2.45) is 0 Å². The second-order valence-corrected chi connectivity index (χ2v) is 12.8. The lowest BCUT2D eigenvalue weighted by molar-refractivity contribution is 0.670. The third kappa shape index (κ3) is 5.13. The van der Waals surface area contributed by atoms with Gasteiger partial charge in [-0.2, -0.15) is 0 Å². The van der Waals surface area contributed by atoms with Gasteiger partial charge < -0.3 is 4.42 Å². The first kappa shape index (κ1) is 29.0. The molecule has 0 amide bonds. The topological polar surface area (TPSA) is 51.8 Å². The third-order valence-corrected chi connectivity index (χ3v) is 9.72. The molecule has 0 N–H and O–H groups in total. The zero-order chi connectivity index (χ0) is 33.7. The van der Waals surface area contributed by atoms with Crippen LogP contribution < -0.4 is 0 Å². The first-order valence-corrected chi connectivity index (χ1v) is 17.1. The van der Waals surface area contributed by atoms with Crippen molar-refractivity contribution in [1.29, 1.82) is 0 Å². The quantitative estimate of drug-likeness (QED) is 0.186. The molecule has 0 aliphatic rings. The van der Waals surface area contributed by atoms with Crippen LogP contribution in [0.15, 0.2) is 180 Å². The fraction of sp³-hybridized carbons (Fsp3) is 0. The zero-order valence-electron chi connectivity index (χ0n) is 27.5. The van der Waals surface area contributed by atoms with Gasteiger partial charge in [0.25, 0.3) is 0 Å². The van der Waals surface area contributed by atoms with E-state index in [2.05, 4.69) is 133 Å². The minimum Gasteiger partial charge on any atom is -0.455 e. The number of nitrogens with zero attached hydrogens (tertiary/aromatic N) is 3. The van der Waals surface area contributed by atoms with E-state index in [9.17, 15) is 0 Å². The molecule has 0 saturated carbocycles. The van der Waals surface area contributed by atoms with E-state index in [1.165, 1.54) is 27.3 Å². The third-order valence-electron chi connectivity index (χ3n) is 9.72. The summed E-state index contributed by atoms with van der Waals surface area (Å²) in [7, 11) is 0. The van der Waals surface area contributed by atoms with E-state index in [-0.39, 0.29) is 0 Å². The van der Waals surface area contributed by atoms with Crippen LogP contribution in [0.4, 0.5) is 0 Å². The maximum absolute atomic E-state index is 6.67. The number of aromatic nitrogens is 3. The second kappa shape index (κ2) is 11.9. The molecule has 0 aliphatic carbocycles. The average Bonchev–Trinajstić information content (AvgIpc) is 3.60. The van der Waals surface area contributed by atoms with E-state index in [1.807, 2.05) is 42.5 Å². The van der Waals surface area contributed by atoms with Crippen LogP contribution in [0.2, 0.25) is 0 Å². The van der Waals surface area contributed by atoms with E-state index in [0.717, 1.165) is 55.1 Å². The minimum atomic E-state index is 0.599. The zero-order valence-corrected chi connectivity index (χ0v) is 27.5. The van der Waals surface area contributed by atoms with E-state index < -0.39 is 0 Å². The van der Waals surface area contributed by atoms with Crippen LogP contribution in [-0.2, 0) is 0 Å². The van der Waals surface area contributed by atoms with Crippen LogP contribution in [0, 0.1) is 0 Å². The summed E-state index contributed by atoms with van der Waals surface area (Å²) in [6.45, 7) is 0.